The first-order valence-corrected chi connectivity index (χ1v) is 8.96. The van der Waals surface area contributed by atoms with E-state index in [9.17, 15) is 10.1 Å². The summed E-state index contributed by atoms with van der Waals surface area (Å²) in [6, 6.07) is 0. The molecular formula is C17H24ClN3O4. The van der Waals surface area contributed by atoms with Crippen LogP contribution < -0.4 is 5.32 Å². The molecule has 7 nitrogen and oxygen atoms in total. The molecule has 1 aromatic rings. The molecule has 8 heteroatoms. The molecular weight excluding hydrogens is 346 g/mol. The molecule has 0 spiro atoms. The van der Waals surface area contributed by atoms with Crippen LogP contribution in [0.15, 0.2) is 0 Å². The second-order valence-corrected chi connectivity index (χ2v) is 8.02. The maximum atomic E-state index is 11.5. The SMILES string of the molecule is CC1(CNc2c3c(nc(Cl)c2[N+](=O)[O-])CCCC3)COC(C)(C)OC1. The summed E-state index contributed by atoms with van der Waals surface area (Å²) < 4.78 is 11.5. The standard InChI is InChI=1S/C17H24ClN3O4/c1-16(2)24-9-17(3,10-25-16)8-19-13-11-6-4-5-7-12(11)20-15(18)14(13)21(22)23/h4-10H2,1-3H3,(H,19,20). The number of aromatic nitrogens is 1. The fourth-order valence-corrected chi connectivity index (χ4v) is 3.51. The Labute approximate surface area is 152 Å². The minimum atomic E-state index is -0.593. The number of nitro groups is 1. The highest BCUT2D eigenvalue weighted by Crippen LogP contribution is 2.40. The van der Waals surface area contributed by atoms with Crippen LogP contribution in [0.5, 0.6) is 0 Å². The van der Waals surface area contributed by atoms with E-state index in [1.807, 2.05) is 20.8 Å². The number of nitrogens with one attached hydrogen (secondary N) is 1. The zero-order valence-corrected chi connectivity index (χ0v) is 15.6. The summed E-state index contributed by atoms with van der Waals surface area (Å²) in [5.74, 6) is -0.593. The highest BCUT2D eigenvalue weighted by Gasteiger charge is 2.37. The fourth-order valence-electron chi connectivity index (χ4n) is 3.24. The van der Waals surface area contributed by atoms with Crippen molar-refractivity contribution in [2.24, 2.45) is 5.41 Å². The average molecular weight is 370 g/mol. The van der Waals surface area contributed by atoms with Gasteiger partial charge in [-0.3, -0.25) is 10.1 Å². The third kappa shape index (κ3) is 3.88. The predicted molar refractivity (Wildman–Crippen MR) is 95.1 cm³/mol. The van der Waals surface area contributed by atoms with E-state index in [4.69, 9.17) is 21.1 Å². The normalized spacial score (nSPS) is 21.4. The number of hydrogen-bond donors (Lipinski definition) is 1. The van der Waals surface area contributed by atoms with Crippen molar-refractivity contribution in [2.75, 3.05) is 25.1 Å². The van der Waals surface area contributed by atoms with Crippen molar-refractivity contribution in [2.45, 2.75) is 52.2 Å². The first-order chi connectivity index (χ1) is 11.7. The summed E-state index contributed by atoms with van der Waals surface area (Å²) in [4.78, 5) is 15.3. The molecule has 1 aliphatic heterocycles. The van der Waals surface area contributed by atoms with E-state index in [-0.39, 0.29) is 16.3 Å². The molecule has 1 aromatic heterocycles. The lowest BCUT2D eigenvalue weighted by atomic mass is 9.90. The van der Waals surface area contributed by atoms with Crippen molar-refractivity contribution >= 4 is 23.0 Å². The Morgan fingerprint density at radius 1 is 1.24 bits per heavy atom. The van der Waals surface area contributed by atoms with E-state index in [1.54, 1.807) is 0 Å². The summed E-state index contributed by atoms with van der Waals surface area (Å²) >= 11 is 6.11. The zero-order chi connectivity index (χ0) is 18.2. The van der Waals surface area contributed by atoms with Gasteiger partial charge in [-0.2, -0.15) is 0 Å². The van der Waals surface area contributed by atoms with Gasteiger partial charge in [-0.05, 0) is 39.5 Å². The summed E-state index contributed by atoms with van der Waals surface area (Å²) in [6.45, 7) is 7.32. The lowest BCUT2D eigenvalue weighted by Crippen LogP contribution is -2.48. The lowest BCUT2D eigenvalue weighted by Gasteiger charge is -2.41. The monoisotopic (exact) mass is 369 g/mol. The zero-order valence-electron chi connectivity index (χ0n) is 14.9. The van der Waals surface area contributed by atoms with Gasteiger partial charge in [0.15, 0.2) is 5.79 Å². The number of halogens is 1. The van der Waals surface area contributed by atoms with Crippen LogP contribution in [0, 0.1) is 15.5 Å². The van der Waals surface area contributed by atoms with Crippen LogP contribution >= 0.6 is 11.6 Å². The van der Waals surface area contributed by atoms with Gasteiger partial charge in [0.25, 0.3) is 0 Å². The maximum absolute atomic E-state index is 11.5. The first-order valence-electron chi connectivity index (χ1n) is 8.58. The molecule has 1 fully saturated rings. The molecule has 25 heavy (non-hydrogen) atoms. The van der Waals surface area contributed by atoms with Gasteiger partial charge in [-0.1, -0.05) is 18.5 Å². The molecule has 0 aromatic carbocycles. The number of rotatable bonds is 4. The number of aryl methyl sites for hydroxylation is 1. The van der Waals surface area contributed by atoms with Crippen LogP contribution in [0.1, 0.15) is 44.9 Å². The van der Waals surface area contributed by atoms with Gasteiger partial charge in [-0.15, -0.1) is 0 Å². The summed E-state index contributed by atoms with van der Waals surface area (Å²) in [5.41, 5.74) is 1.88. The van der Waals surface area contributed by atoms with E-state index in [1.165, 1.54) is 0 Å². The Balaban J connectivity index is 1.86. The van der Waals surface area contributed by atoms with Crippen LogP contribution in [0.4, 0.5) is 11.4 Å². The van der Waals surface area contributed by atoms with E-state index in [0.29, 0.717) is 25.4 Å². The number of ether oxygens (including phenoxy) is 2. The summed E-state index contributed by atoms with van der Waals surface area (Å²) in [6.07, 6.45) is 3.61. The van der Waals surface area contributed by atoms with Crippen molar-refractivity contribution in [3.05, 3.63) is 26.5 Å². The van der Waals surface area contributed by atoms with Crippen molar-refractivity contribution < 1.29 is 14.4 Å². The molecule has 0 bridgehead atoms. The molecule has 2 heterocycles. The van der Waals surface area contributed by atoms with Crippen molar-refractivity contribution in [3.8, 4) is 0 Å². The van der Waals surface area contributed by atoms with Crippen LogP contribution in [0.2, 0.25) is 5.15 Å². The topological polar surface area (TPSA) is 86.5 Å². The molecule has 0 atom stereocenters. The molecule has 1 saturated heterocycles. The second-order valence-electron chi connectivity index (χ2n) is 7.66. The number of nitrogens with zero attached hydrogens (tertiary/aromatic N) is 2. The van der Waals surface area contributed by atoms with Gasteiger partial charge >= 0.3 is 5.69 Å². The lowest BCUT2D eigenvalue weighted by molar-refractivity contribution is -0.384. The number of fused-ring (bicyclic) bond motifs is 1. The molecule has 1 aliphatic carbocycles. The van der Waals surface area contributed by atoms with Gasteiger partial charge in [0, 0.05) is 23.2 Å². The predicted octanol–water partition coefficient (Wildman–Crippen LogP) is 3.72. The summed E-state index contributed by atoms with van der Waals surface area (Å²) in [5, 5.41) is 14.8. The third-order valence-electron chi connectivity index (χ3n) is 4.82. The first kappa shape index (κ1) is 18.4. The van der Waals surface area contributed by atoms with Gasteiger partial charge in [0.2, 0.25) is 5.15 Å². The highest BCUT2D eigenvalue weighted by atomic mass is 35.5. The molecule has 138 valence electrons. The molecule has 3 rings (SSSR count). The number of pyridine rings is 1. The van der Waals surface area contributed by atoms with E-state index < -0.39 is 10.7 Å². The van der Waals surface area contributed by atoms with Crippen molar-refractivity contribution in [1.82, 2.24) is 4.98 Å². The van der Waals surface area contributed by atoms with Crippen molar-refractivity contribution in [3.63, 3.8) is 0 Å². The van der Waals surface area contributed by atoms with Crippen LogP contribution in [-0.4, -0.2) is 35.5 Å². The third-order valence-corrected chi connectivity index (χ3v) is 5.08. The smallest absolute Gasteiger partial charge is 0.329 e. The second kappa shape index (κ2) is 6.70. The summed E-state index contributed by atoms with van der Waals surface area (Å²) in [7, 11) is 0. The number of hydrogen-bond acceptors (Lipinski definition) is 6. The molecule has 2 aliphatic rings. The van der Waals surface area contributed by atoms with Crippen molar-refractivity contribution in [1.29, 1.82) is 0 Å². The van der Waals surface area contributed by atoms with Gasteiger partial charge in [0.05, 0.1) is 18.1 Å². The van der Waals surface area contributed by atoms with Gasteiger partial charge < -0.3 is 14.8 Å². The minimum Gasteiger partial charge on any atom is -0.378 e. The molecule has 0 radical (unpaired) electrons. The average Bonchev–Trinajstić information content (AvgIpc) is 2.55. The van der Waals surface area contributed by atoms with E-state index >= 15 is 0 Å². The van der Waals surface area contributed by atoms with Crippen LogP contribution in [0.3, 0.4) is 0 Å². The van der Waals surface area contributed by atoms with Crippen LogP contribution in [0.25, 0.3) is 0 Å². The quantitative estimate of drug-likeness (QED) is 0.494. The van der Waals surface area contributed by atoms with E-state index in [2.05, 4.69) is 10.3 Å². The van der Waals surface area contributed by atoms with Crippen LogP contribution in [-0.2, 0) is 22.3 Å². The fraction of sp³-hybridized carbons (Fsp3) is 0.706. The number of anilines is 1. The Morgan fingerprint density at radius 2 is 1.88 bits per heavy atom. The molecule has 1 N–H and O–H groups in total. The minimum absolute atomic E-state index is 0.0458. The Bertz CT molecular complexity index is 683. The Morgan fingerprint density at radius 3 is 2.52 bits per heavy atom. The van der Waals surface area contributed by atoms with E-state index in [0.717, 1.165) is 36.9 Å². The largest absolute Gasteiger partial charge is 0.378 e. The maximum Gasteiger partial charge on any atom is 0.329 e. The van der Waals surface area contributed by atoms with Gasteiger partial charge in [-0.25, -0.2) is 4.98 Å². The molecule has 0 amide bonds. The Hall–Kier alpha value is -1.44. The molecule has 0 unspecified atom stereocenters. The molecule has 0 saturated carbocycles. The highest BCUT2D eigenvalue weighted by molar-refractivity contribution is 6.32. The Kier molecular flexibility index (Phi) is 4.92. The van der Waals surface area contributed by atoms with Gasteiger partial charge in [0.1, 0.15) is 5.69 Å².